The molecular formula is C12H21NO2. The van der Waals surface area contributed by atoms with E-state index >= 15 is 0 Å². The van der Waals surface area contributed by atoms with Crippen molar-refractivity contribution in [3.05, 3.63) is 0 Å². The fourth-order valence-corrected chi connectivity index (χ4v) is 2.83. The molecule has 3 nitrogen and oxygen atoms in total. The van der Waals surface area contributed by atoms with Crippen LogP contribution in [0.1, 0.15) is 46.0 Å². The van der Waals surface area contributed by atoms with Crippen LogP contribution < -0.4 is 5.32 Å². The molecule has 0 aliphatic heterocycles. The van der Waals surface area contributed by atoms with Crippen LogP contribution in [0.15, 0.2) is 0 Å². The Balaban J connectivity index is 2.18. The number of hydrogen-bond acceptors (Lipinski definition) is 2. The van der Waals surface area contributed by atoms with Crippen LogP contribution in [-0.4, -0.2) is 22.7 Å². The van der Waals surface area contributed by atoms with E-state index in [0.29, 0.717) is 12.0 Å². The van der Waals surface area contributed by atoms with E-state index in [0.717, 1.165) is 25.7 Å². The highest BCUT2D eigenvalue weighted by Gasteiger charge is 2.49. The number of carbonyl (C=O) groups is 1. The van der Waals surface area contributed by atoms with Gasteiger partial charge in [0.05, 0.1) is 0 Å². The van der Waals surface area contributed by atoms with Crippen LogP contribution in [0.4, 0.5) is 0 Å². The molecule has 15 heavy (non-hydrogen) atoms. The number of carboxylic acid groups (broad SMARTS) is 1. The molecule has 86 valence electrons. The standard InChI is InChI=1S/C12H21NO2/c1-8-4-3-7-12(9(8)2,11(14)15)13-10-5-6-10/h8-10,13H,3-7H2,1-2H3,(H,14,15). The predicted molar refractivity (Wildman–Crippen MR) is 58.7 cm³/mol. The molecule has 0 saturated heterocycles. The summed E-state index contributed by atoms with van der Waals surface area (Å²) in [6.45, 7) is 4.27. The molecule has 0 bridgehead atoms. The molecule has 2 N–H and O–H groups in total. The Morgan fingerprint density at radius 2 is 2.00 bits per heavy atom. The lowest BCUT2D eigenvalue weighted by atomic mass is 9.68. The van der Waals surface area contributed by atoms with Crippen LogP contribution in [0.5, 0.6) is 0 Å². The fourth-order valence-electron chi connectivity index (χ4n) is 2.83. The molecular weight excluding hydrogens is 190 g/mol. The number of nitrogens with one attached hydrogen (secondary N) is 1. The molecule has 0 spiro atoms. The van der Waals surface area contributed by atoms with Crippen LogP contribution in [0.2, 0.25) is 0 Å². The maximum absolute atomic E-state index is 11.5. The Hall–Kier alpha value is -0.570. The molecule has 0 amide bonds. The van der Waals surface area contributed by atoms with E-state index in [1.807, 2.05) is 0 Å². The zero-order valence-corrected chi connectivity index (χ0v) is 9.62. The Bertz CT molecular complexity index is 262. The topological polar surface area (TPSA) is 49.3 Å². The quantitative estimate of drug-likeness (QED) is 0.751. The summed E-state index contributed by atoms with van der Waals surface area (Å²) in [5, 5.41) is 12.9. The summed E-state index contributed by atoms with van der Waals surface area (Å²) in [6.07, 6.45) is 5.30. The van der Waals surface area contributed by atoms with Gasteiger partial charge in [-0.2, -0.15) is 0 Å². The zero-order chi connectivity index (χ0) is 11.1. The minimum Gasteiger partial charge on any atom is -0.480 e. The van der Waals surface area contributed by atoms with Crippen molar-refractivity contribution >= 4 is 5.97 Å². The highest BCUT2D eigenvalue weighted by molar-refractivity contribution is 5.79. The lowest BCUT2D eigenvalue weighted by molar-refractivity contribution is -0.150. The summed E-state index contributed by atoms with van der Waals surface area (Å²) >= 11 is 0. The molecule has 3 heteroatoms. The van der Waals surface area contributed by atoms with Gasteiger partial charge >= 0.3 is 5.97 Å². The third-order valence-electron chi connectivity index (χ3n) is 4.28. The van der Waals surface area contributed by atoms with Crippen molar-refractivity contribution in [1.82, 2.24) is 5.32 Å². The molecule has 3 atom stereocenters. The summed E-state index contributed by atoms with van der Waals surface area (Å²) in [5.41, 5.74) is -0.640. The van der Waals surface area contributed by atoms with Gasteiger partial charge in [-0.05, 0) is 31.1 Å². The Kier molecular flexibility index (Phi) is 2.75. The SMILES string of the molecule is CC1CCCC(NC2CC2)(C(=O)O)C1C. The molecule has 2 aliphatic rings. The van der Waals surface area contributed by atoms with Crippen molar-refractivity contribution in [3.8, 4) is 0 Å². The van der Waals surface area contributed by atoms with Crippen LogP contribution in [0.3, 0.4) is 0 Å². The van der Waals surface area contributed by atoms with Crippen molar-refractivity contribution in [3.63, 3.8) is 0 Å². The van der Waals surface area contributed by atoms with Crippen LogP contribution in [0.25, 0.3) is 0 Å². The summed E-state index contributed by atoms with van der Waals surface area (Å²) < 4.78 is 0. The molecule has 0 aromatic carbocycles. The van der Waals surface area contributed by atoms with Gasteiger partial charge in [0.25, 0.3) is 0 Å². The summed E-state index contributed by atoms with van der Waals surface area (Å²) in [5.74, 6) is 0.110. The van der Waals surface area contributed by atoms with Crippen molar-refractivity contribution in [2.75, 3.05) is 0 Å². The summed E-state index contributed by atoms with van der Waals surface area (Å²) in [6, 6.07) is 0.467. The lowest BCUT2D eigenvalue weighted by Crippen LogP contribution is -2.60. The van der Waals surface area contributed by atoms with Crippen molar-refractivity contribution in [2.24, 2.45) is 11.8 Å². The highest BCUT2D eigenvalue weighted by Crippen LogP contribution is 2.40. The number of hydrogen-bond donors (Lipinski definition) is 2. The maximum atomic E-state index is 11.5. The van der Waals surface area contributed by atoms with Crippen LogP contribution >= 0.6 is 0 Å². The van der Waals surface area contributed by atoms with Gasteiger partial charge in [-0.3, -0.25) is 10.1 Å². The van der Waals surface area contributed by atoms with E-state index in [4.69, 9.17) is 0 Å². The van der Waals surface area contributed by atoms with Gasteiger partial charge in [-0.25, -0.2) is 0 Å². The second-order valence-electron chi connectivity index (χ2n) is 5.35. The smallest absolute Gasteiger partial charge is 0.324 e. The Labute approximate surface area is 91.2 Å². The van der Waals surface area contributed by atoms with Crippen molar-refractivity contribution in [2.45, 2.75) is 57.5 Å². The monoisotopic (exact) mass is 211 g/mol. The summed E-state index contributed by atoms with van der Waals surface area (Å²) in [7, 11) is 0. The molecule has 0 aromatic rings. The average Bonchev–Trinajstić information content (AvgIpc) is 2.96. The van der Waals surface area contributed by atoms with E-state index in [1.165, 1.54) is 6.42 Å². The van der Waals surface area contributed by atoms with Gasteiger partial charge in [0.2, 0.25) is 0 Å². The Morgan fingerprint density at radius 1 is 1.33 bits per heavy atom. The van der Waals surface area contributed by atoms with Gasteiger partial charge in [-0.15, -0.1) is 0 Å². The Morgan fingerprint density at radius 3 is 2.53 bits per heavy atom. The van der Waals surface area contributed by atoms with Crippen molar-refractivity contribution < 1.29 is 9.90 Å². The van der Waals surface area contributed by atoms with Gasteiger partial charge in [0.1, 0.15) is 5.54 Å². The molecule has 2 rings (SSSR count). The van der Waals surface area contributed by atoms with Gasteiger partial charge < -0.3 is 5.11 Å². The second kappa shape index (κ2) is 3.78. The average molecular weight is 211 g/mol. The normalized spacial score (nSPS) is 41.5. The summed E-state index contributed by atoms with van der Waals surface area (Å²) in [4.78, 5) is 11.5. The van der Waals surface area contributed by atoms with E-state index in [9.17, 15) is 9.90 Å². The first-order valence-corrected chi connectivity index (χ1v) is 6.07. The molecule has 2 aliphatic carbocycles. The van der Waals surface area contributed by atoms with E-state index < -0.39 is 11.5 Å². The highest BCUT2D eigenvalue weighted by atomic mass is 16.4. The van der Waals surface area contributed by atoms with E-state index in [-0.39, 0.29) is 5.92 Å². The minimum absolute atomic E-state index is 0.240. The molecule has 2 fully saturated rings. The lowest BCUT2D eigenvalue weighted by Gasteiger charge is -2.43. The van der Waals surface area contributed by atoms with Crippen LogP contribution in [0, 0.1) is 11.8 Å². The third kappa shape index (κ3) is 1.89. The number of carboxylic acids is 1. The van der Waals surface area contributed by atoms with Gasteiger partial charge in [0.15, 0.2) is 0 Å². The number of aliphatic carboxylic acids is 1. The predicted octanol–water partition coefficient (Wildman–Crippen LogP) is 2.02. The first-order chi connectivity index (χ1) is 7.06. The minimum atomic E-state index is -0.645. The molecule has 0 heterocycles. The van der Waals surface area contributed by atoms with E-state index in [2.05, 4.69) is 19.2 Å². The largest absolute Gasteiger partial charge is 0.480 e. The third-order valence-corrected chi connectivity index (χ3v) is 4.28. The first kappa shape index (κ1) is 10.9. The van der Waals surface area contributed by atoms with Gasteiger partial charge in [-0.1, -0.05) is 26.7 Å². The fraction of sp³-hybridized carbons (Fsp3) is 0.917. The van der Waals surface area contributed by atoms with Gasteiger partial charge in [0, 0.05) is 6.04 Å². The van der Waals surface area contributed by atoms with Crippen LogP contribution in [-0.2, 0) is 4.79 Å². The molecule has 0 aromatic heterocycles. The maximum Gasteiger partial charge on any atom is 0.324 e. The molecule has 0 radical (unpaired) electrons. The van der Waals surface area contributed by atoms with E-state index in [1.54, 1.807) is 0 Å². The molecule has 2 saturated carbocycles. The first-order valence-electron chi connectivity index (χ1n) is 6.07. The number of rotatable bonds is 3. The zero-order valence-electron chi connectivity index (χ0n) is 9.62. The molecule has 3 unspecified atom stereocenters. The second-order valence-corrected chi connectivity index (χ2v) is 5.35. The van der Waals surface area contributed by atoms with Crippen molar-refractivity contribution in [1.29, 1.82) is 0 Å².